The zero-order valence-electron chi connectivity index (χ0n) is 11.6. The summed E-state index contributed by atoms with van der Waals surface area (Å²) in [5.74, 6) is 2.00. The van der Waals surface area contributed by atoms with Gasteiger partial charge < -0.3 is 10.6 Å². The molecule has 17 heavy (non-hydrogen) atoms. The first-order chi connectivity index (χ1) is 8.36. The summed E-state index contributed by atoms with van der Waals surface area (Å²) in [6, 6.07) is 0. The average molecular weight is 239 g/mol. The lowest BCUT2D eigenvalue weighted by molar-refractivity contribution is 0.662. The maximum atomic E-state index is 4.60. The van der Waals surface area contributed by atoms with Crippen molar-refractivity contribution >= 4 is 5.96 Å². The van der Waals surface area contributed by atoms with Crippen molar-refractivity contribution in [2.24, 2.45) is 10.9 Å². The van der Waals surface area contributed by atoms with Crippen LogP contribution in [0.5, 0.6) is 0 Å². The summed E-state index contributed by atoms with van der Waals surface area (Å²) in [6.45, 7) is 7.34. The molecule has 0 aromatic heterocycles. The molecule has 0 bridgehead atoms. The van der Waals surface area contributed by atoms with Crippen molar-refractivity contribution in [1.82, 2.24) is 10.6 Å². The summed E-state index contributed by atoms with van der Waals surface area (Å²) < 4.78 is 0. The van der Waals surface area contributed by atoms with E-state index in [2.05, 4.69) is 29.5 Å². The Balaban J connectivity index is 2.07. The summed E-state index contributed by atoms with van der Waals surface area (Å²) in [5, 5.41) is 6.73. The molecular weight excluding hydrogens is 210 g/mol. The van der Waals surface area contributed by atoms with Gasteiger partial charge in [-0.25, -0.2) is 0 Å². The molecule has 0 amide bonds. The van der Waals surface area contributed by atoms with E-state index in [1.165, 1.54) is 44.9 Å². The third-order valence-electron chi connectivity index (χ3n) is 3.17. The number of nitrogens with one attached hydrogen (secondary N) is 2. The van der Waals surface area contributed by atoms with Crippen molar-refractivity contribution in [1.29, 1.82) is 0 Å². The molecule has 1 saturated carbocycles. The van der Waals surface area contributed by atoms with Gasteiger partial charge in [0.15, 0.2) is 5.96 Å². The fourth-order valence-electron chi connectivity index (χ4n) is 1.87. The normalized spacial score (nSPS) is 16.0. The Morgan fingerprint density at radius 3 is 2.59 bits per heavy atom. The average Bonchev–Trinajstić information content (AvgIpc) is 3.13. The van der Waals surface area contributed by atoms with E-state index in [0.29, 0.717) is 0 Å². The highest BCUT2D eigenvalue weighted by Gasteiger charge is 2.20. The molecular formula is C14H29N3. The van der Waals surface area contributed by atoms with Crippen LogP contribution in [0.25, 0.3) is 0 Å². The molecule has 0 unspecified atom stereocenters. The van der Waals surface area contributed by atoms with Crippen LogP contribution in [-0.4, -0.2) is 25.6 Å². The molecule has 3 heteroatoms. The van der Waals surface area contributed by atoms with Gasteiger partial charge in [0.05, 0.1) is 0 Å². The van der Waals surface area contributed by atoms with Gasteiger partial charge in [0, 0.05) is 19.6 Å². The molecule has 0 spiro atoms. The fourth-order valence-corrected chi connectivity index (χ4v) is 1.87. The third kappa shape index (κ3) is 8.06. The number of hydrogen-bond donors (Lipinski definition) is 2. The highest BCUT2D eigenvalue weighted by Crippen LogP contribution is 2.31. The van der Waals surface area contributed by atoms with E-state index in [4.69, 9.17) is 0 Å². The van der Waals surface area contributed by atoms with Crippen molar-refractivity contribution in [2.75, 3.05) is 19.6 Å². The van der Waals surface area contributed by atoms with Crippen LogP contribution in [0, 0.1) is 5.92 Å². The minimum absolute atomic E-state index is 0.949. The SMILES string of the molecule is CCCCCCN=C(NCC)NCCC1CC1. The monoisotopic (exact) mass is 239 g/mol. The molecule has 3 nitrogen and oxygen atoms in total. The number of rotatable bonds is 9. The van der Waals surface area contributed by atoms with E-state index >= 15 is 0 Å². The number of hydrogen-bond acceptors (Lipinski definition) is 1. The van der Waals surface area contributed by atoms with E-state index in [9.17, 15) is 0 Å². The predicted molar refractivity (Wildman–Crippen MR) is 75.5 cm³/mol. The Labute approximate surface area is 106 Å². The highest BCUT2D eigenvalue weighted by molar-refractivity contribution is 5.79. The standard InChI is InChI=1S/C14H29N3/c1-3-5-6-7-11-16-14(15-4-2)17-12-10-13-8-9-13/h13H,3-12H2,1-2H3,(H2,15,16,17). The molecule has 100 valence electrons. The quantitative estimate of drug-likeness (QED) is 0.369. The minimum Gasteiger partial charge on any atom is -0.357 e. The van der Waals surface area contributed by atoms with Crippen molar-refractivity contribution in [3.63, 3.8) is 0 Å². The zero-order valence-corrected chi connectivity index (χ0v) is 11.6. The summed E-state index contributed by atoms with van der Waals surface area (Å²) in [4.78, 5) is 4.60. The van der Waals surface area contributed by atoms with Gasteiger partial charge in [-0.3, -0.25) is 4.99 Å². The van der Waals surface area contributed by atoms with Gasteiger partial charge in [-0.1, -0.05) is 39.0 Å². The minimum atomic E-state index is 0.949. The van der Waals surface area contributed by atoms with Gasteiger partial charge in [0.25, 0.3) is 0 Å². The second-order valence-electron chi connectivity index (χ2n) is 4.98. The van der Waals surface area contributed by atoms with E-state index in [-0.39, 0.29) is 0 Å². The van der Waals surface area contributed by atoms with Crippen LogP contribution >= 0.6 is 0 Å². The molecule has 0 saturated heterocycles. The Morgan fingerprint density at radius 1 is 1.12 bits per heavy atom. The lowest BCUT2D eigenvalue weighted by Crippen LogP contribution is -2.38. The van der Waals surface area contributed by atoms with E-state index in [1.54, 1.807) is 0 Å². The highest BCUT2D eigenvalue weighted by atomic mass is 15.2. The van der Waals surface area contributed by atoms with Crippen LogP contribution in [0.1, 0.15) is 58.8 Å². The summed E-state index contributed by atoms with van der Waals surface area (Å²) in [7, 11) is 0. The third-order valence-corrected chi connectivity index (χ3v) is 3.17. The maximum absolute atomic E-state index is 4.60. The van der Waals surface area contributed by atoms with E-state index in [0.717, 1.165) is 31.5 Å². The Morgan fingerprint density at radius 2 is 1.94 bits per heavy atom. The molecule has 2 N–H and O–H groups in total. The fraction of sp³-hybridized carbons (Fsp3) is 0.929. The smallest absolute Gasteiger partial charge is 0.191 e. The number of nitrogens with zero attached hydrogens (tertiary/aromatic N) is 1. The van der Waals surface area contributed by atoms with Crippen LogP contribution in [0.15, 0.2) is 4.99 Å². The van der Waals surface area contributed by atoms with Gasteiger partial charge in [0.2, 0.25) is 0 Å². The number of guanidine groups is 1. The molecule has 0 radical (unpaired) electrons. The molecule has 1 aliphatic carbocycles. The van der Waals surface area contributed by atoms with E-state index < -0.39 is 0 Å². The molecule has 0 heterocycles. The molecule has 0 aromatic carbocycles. The van der Waals surface area contributed by atoms with Crippen LogP contribution in [-0.2, 0) is 0 Å². The van der Waals surface area contributed by atoms with Gasteiger partial charge in [-0.2, -0.15) is 0 Å². The summed E-state index contributed by atoms with van der Waals surface area (Å²) in [5.41, 5.74) is 0. The molecule has 1 rings (SSSR count). The van der Waals surface area contributed by atoms with Crippen LogP contribution in [0.2, 0.25) is 0 Å². The van der Waals surface area contributed by atoms with Crippen molar-refractivity contribution < 1.29 is 0 Å². The van der Waals surface area contributed by atoms with Crippen LogP contribution < -0.4 is 10.6 Å². The van der Waals surface area contributed by atoms with Crippen molar-refractivity contribution in [2.45, 2.75) is 58.8 Å². The lowest BCUT2D eigenvalue weighted by atomic mass is 10.2. The summed E-state index contributed by atoms with van der Waals surface area (Å²) in [6.07, 6.45) is 9.33. The van der Waals surface area contributed by atoms with Crippen molar-refractivity contribution in [3.8, 4) is 0 Å². The zero-order chi connectivity index (χ0) is 12.3. The first-order valence-corrected chi connectivity index (χ1v) is 7.39. The second kappa shape index (κ2) is 9.32. The Hall–Kier alpha value is -0.730. The van der Waals surface area contributed by atoms with Gasteiger partial charge >= 0.3 is 0 Å². The predicted octanol–water partition coefficient (Wildman–Crippen LogP) is 2.92. The molecule has 0 atom stereocenters. The molecule has 0 aliphatic heterocycles. The molecule has 0 aromatic rings. The van der Waals surface area contributed by atoms with Gasteiger partial charge in [-0.15, -0.1) is 0 Å². The topological polar surface area (TPSA) is 36.4 Å². The molecule has 1 aliphatic rings. The van der Waals surface area contributed by atoms with Crippen molar-refractivity contribution in [3.05, 3.63) is 0 Å². The van der Waals surface area contributed by atoms with Crippen LogP contribution in [0.4, 0.5) is 0 Å². The largest absolute Gasteiger partial charge is 0.357 e. The lowest BCUT2D eigenvalue weighted by Gasteiger charge is -2.10. The van der Waals surface area contributed by atoms with Gasteiger partial charge in [0.1, 0.15) is 0 Å². The second-order valence-corrected chi connectivity index (χ2v) is 4.98. The molecule has 1 fully saturated rings. The first-order valence-electron chi connectivity index (χ1n) is 7.39. The number of aliphatic imine (C=N–C) groups is 1. The maximum Gasteiger partial charge on any atom is 0.191 e. The Kier molecular flexibility index (Phi) is 7.85. The Bertz CT molecular complexity index is 210. The number of unbranched alkanes of at least 4 members (excludes halogenated alkanes) is 3. The van der Waals surface area contributed by atoms with E-state index in [1.807, 2.05) is 0 Å². The first kappa shape index (κ1) is 14.3. The summed E-state index contributed by atoms with van der Waals surface area (Å²) >= 11 is 0. The van der Waals surface area contributed by atoms with Crippen LogP contribution in [0.3, 0.4) is 0 Å². The van der Waals surface area contributed by atoms with Gasteiger partial charge in [-0.05, 0) is 25.7 Å².